The van der Waals surface area contributed by atoms with Gasteiger partial charge in [-0.15, -0.1) is 0 Å². The first-order valence-corrected chi connectivity index (χ1v) is 5.84. The Morgan fingerprint density at radius 1 is 1.33 bits per heavy atom. The highest BCUT2D eigenvalue weighted by atomic mass is 16.5. The van der Waals surface area contributed by atoms with Crippen LogP contribution in [0.25, 0.3) is 0 Å². The van der Waals surface area contributed by atoms with Crippen molar-refractivity contribution in [3.8, 4) is 11.5 Å². The summed E-state index contributed by atoms with van der Waals surface area (Å²) in [6.07, 6.45) is 0.624. The van der Waals surface area contributed by atoms with Crippen LogP contribution in [-0.2, 0) is 4.79 Å². The zero-order valence-electron chi connectivity index (χ0n) is 11.1. The number of esters is 1. The van der Waals surface area contributed by atoms with Gasteiger partial charge in [0, 0.05) is 0 Å². The monoisotopic (exact) mass is 250 g/mol. The zero-order chi connectivity index (χ0) is 13.9. The normalized spacial score (nSPS) is 11.1. The molecular weight excluding hydrogens is 232 g/mol. The van der Waals surface area contributed by atoms with Crippen LogP contribution in [0, 0.1) is 5.41 Å². The van der Waals surface area contributed by atoms with Crippen LogP contribution in [-0.4, -0.2) is 16.9 Å². The summed E-state index contributed by atoms with van der Waals surface area (Å²) < 4.78 is 5.15. The molecule has 4 heteroatoms. The topological polar surface area (TPSA) is 63.6 Å². The largest absolute Gasteiger partial charge is 0.504 e. The number of carbonyl (C=O) groups is 2. The Kier molecular flexibility index (Phi) is 4.11. The highest BCUT2D eigenvalue weighted by Crippen LogP contribution is 2.32. The summed E-state index contributed by atoms with van der Waals surface area (Å²) in [5, 5.41) is 9.85. The number of hydrogen-bond donors (Lipinski definition) is 1. The van der Waals surface area contributed by atoms with E-state index in [2.05, 4.69) is 0 Å². The van der Waals surface area contributed by atoms with E-state index in [9.17, 15) is 14.7 Å². The first kappa shape index (κ1) is 14.2. The van der Waals surface area contributed by atoms with Gasteiger partial charge in [0.05, 0.1) is 11.0 Å². The van der Waals surface area contributed by atoms with E-state index in [0.29, 0.717) is 6.42 Å². The molecule has 0 saturated carbocycles. The van der Waals surface area contributed by atoms with Gasteiger partial charge in [0.2, 0.25) is 0 Å². The van der Waals surface area contributed by atoms with Crippen LogP contribution in [0.1, 0.15) is 44.5 Å². The van der Waals surface area contributed by atoms with Gasteiger partial charge in [-0.05, 0) is 39.3 Å². The van der Waals surface area contributed by atoms with E-state index < -0.39 is 11.4 Å². The SMILES string of the molecule is CCC(C)(C)C(=O)Oc1cccc(C(C)=O)c1O. The number of carbonyl (C=O) groups excluding carboxylic acids is 2. The average molecular weight is 250 g/mol. The molecule has 0 amide bonds. The van der Waals surface area contributed by atoms with Crippen LogP contribution in [0.4, 0.5) is 0 Å². The molecule has 1 N–H and O–H groups in total. The molecule has 1 aromatic carbocycles. The van der Waals surface area contributed by atoms with Gasteiger partial charge >= 0.3 is 5.97 Å². The predicted molar refractivity (Wildman–Crippen MR) is 67.8 cm³/mol. The number of ketones is 1. The van der Waals surface area contributed by atoms with Gasteiger partial charge in [-0.2, -0.15) is 0 Å². The molecule has 1 rings (SSSR count). The number of Topliss-reactive ketones (excluding diaryl/α,β-unsaturated/α-hetero) is 1. The van der Waals surface area contributed by atoms with E-state index in [0.717, 1.165) is 0 Å². The molecule has 0 bridgehead atoms. The number of rotatable bonds is 4. The second-order valence-electron chi connectivity index (χ2n) is 4.84. The minimum absolute atomic E-state index is 0.0224. The molecule has 0 heterocycles. The standard InChI is InChI=1S/C14H18O4/c1-5-14(3,4)13(17)18-11-8-6-7-10(9(2)15)12(11)16/h6-8,16H,5H2,1-4H3. The van der Waals surface area contributed by atoms with Crippen molar-refractivity contribution in [2.24, 2.45) is 5.41 Å². The van der Waals surface area contributed by atoms with Gasteiger partial charge in [-0.1, -0.05) is 13.0 Å². The molecule has 0 aliphatic carbocycles. The first-order valence-electron chi connectivity index (χ1n) is 5.84. The number of ether oxygens (including phenoxy) is 1. The van der Waals surface area contributed by atoms with E-state index in [-0.39, 0.29) is 22.8 Å². The van der Waals surface area contributed by atoms with E-state index in [1.54, 1.807) is 19.9 Å². The maximum Gasteiger partial charge on any atom is 0.317 e. The Hall–Kier alpha value is -1.84. The van der Waals surface area contributed by atoms with Gasteiger partial charge < -0.3 is 9.84 Å². The Bertz CT molecular complexity index is 475. The molecule has 0 aromatic heterocycles. The Balaban J connectivity index is 3.03. The molecule has 1 aromatic rings. The van der Waals surface area contributed by atoms with Crippen molar-refractivity contribution >= 4 is 11.8 Å². The maximum atomic E-state index is 11.9. The van der Waals surface area contributed by atoms with Crippen LogP contribution in [0.3, 0.4) is 0 Å². The van der Waals surface area contributed by atoms with E-state index in [1.165, 1.54) is 19.1 Å². The lowest BCUT2D eigenvalue weighted by atomic mass is 9.91. The molecule has 0 radical (unpaired) electrons. The smallest absolute Gasteiger partial charge is 0.317 e. The lowest BCUT2D eigenvalue weighted by Crippen LogP contribution is -2.28. The predicted octanol–water partition coefficient (Wildman–Crippen LogP) is 2.94. The van der Waals surface area contributed by atoms with Crippen LogP contribution < -0.4 is 4.74 Å². The summed E-state index contributed by atoms with van der Waals surface area (Å²) in [6, 6.07) is 4.52. The quantitative estimate of drug-likeness (QED) is 0.507. The molecule has 0 saturated heterocycles. The third kappa shape index (κ3) is 2.88. The molecular formula is C14H18O4. The van der Waals surface area contributed by atoms with Crippen molar-refractivity contribution in [1.82, 2.24) is 0 Å². The highest BCUT2D eigenvalue weighted by Gasteiger charge is 2.28. The highest BCUT2D eigenvalue weighted by molar-refractivity contribution is 5.97. The van der Waals surface area contributed by atoms with E-state index >= 15 is 0 Å². The number of phenolic OH excluding ortho intramolecular Hbond substituents is 1. The Morgan fingerprint density at radius 3 is 2.44 bits per heavy atom. The van der Waals surface area contributed by atoms with E-state index in [1.807, 2.05) is 6.92 Å². The van der Waals surface area contributed by atoms with Crippen molar-refractivity contribution in [2.45, 2.75) is 34.1 Å². The number of aromatic hydroxyl groups is 1. The molecule has 0 atom stereocenters. The van der Waals surface area contributed by atoms with Crippen LogP contribution in [0.5, 0.6) is 11.5 Å². The van der Waals surface area contributed by atoms with Crippen LogP contribution in [0.2, 0.25) is 0 Å². The molecule has 0 fully saturated rings. The zero-order valence-corrected chi connectivity index (χ0v) is 11.1. The lowest BCUT2D eigenvalue weighted by Gasteiger charge is -2.20. The minimum atomic E-state index is -0.626. The summed E-state index contributed by atoms with van der Waals surface area (Å²) in [7, 11) is 0. The summed E-state index contributed by atoms with van der Waals surface area (Å²) in [5.41, 5.74) is -0.479. The Labute approximate surface area is 107 Å². The minimum Gasteiger partial charge on any atom is -0.504 e. The molecule has 18 heavy (non-hydrogen) atoms. The molecule has 0 aliphatic heterocycles. The van der Waals surface area contributed by atoms with Gasteiger partial charge in [-0.3, -0.25) is 9.59 Å². The molecule has 0 aliphatic rings. The molecule has 0 spiro atoms. The van der Waals surface area contributed by atoms with Crippen molar-refractivity contribution in [3.63, 3.8) is 0 Å². The number of hydrogen-bond acceptors (Lipinski definition) is 4. The molecule has 4 nitrogen and oxygen atoms in total. The van der Waals surface area contributed by atoms with Crippen molar-refractivity contribution < 1.29 is 19.4 Å². The fourth-order valence-corrected chi connectivity index (χ4v) is 1.27. The van der Waals surface area contributed by atoms with Gasteiger partial charge in [-0.25, -0.2) is 0 Å². The molecule has 98 valence electrons. The van der Waals surface area contributed by atoms with Crippen molar-refractivity contribution in [2.75, 3.05) is 0 Å². The fraction of sp³-hybridized carbons (Fsp3) is 0.429. The number of phenols is 1. The van der Waals surface area contributed by atoms with Gasteiger partial charge in [0.25, 0.3) is 0 Å². The van der Waals surface area contributed by atoms with Crippen molar-refractivity contribution in [3.05, 3.63) is 23.8 Å². The third-order valence-electron chi connectivity index (χ3n) is 3.02. The first-order chi connectivity index (χ1) is 8.29. The Morgan fingerprint density at radius 2 is 1.94 bits per heavy atom. The summed E-state index contributed by atoms with van der Waals surface area (Å²) >= 11 is 0. The number of benzene rings is 1. The second kappa shape index (κ2) is 5.21. The molecule has 0 unspecified atom stereocenters. The summed E-state index contributed by atoms with van der Waals surface area (Å²) in [5.74, 6) is -0.972. The lowest BCUT2D eigenvalue weighted by molar-refractivity contribution is -0.144. The van der Waals surface area contributed by atoms with Crippen molar-refractivity contribution in [1.29, 1.82) is 0 Å². The maximum absolute atomic E-state index is 11.9. The van der Waals surface area contributed by atoms with Gasteiger partial charge in [0.15, 0.2) is 17.3 Å². The summed E-state index contributed by atoms with van der Waals surface area (Å²) in [4.78, 5) is 23.1. The third-order valence-corrected chi connectivity index (χ3v) is 3.02. The average Bonchev–Trinajstić information content (AvgIpc) is 2.31. The second-order valence-corrected chi connectivity index (χ2v) is 4.84. The fourth-order valence-electron chi connectivity index (χ4n) is 1.27. The number of para-hydroxylation sites is 1. The summed E-state index contributed by atoms with van der Waals surface area (Å²) in [6.45, 7) is 6.76. The van der Waals surface area contributed by atoms with Gasteiger partial charge in [0.1, 0.15) is 0 Å². The van der Waals surface area contributed by atoms with Crippen LogP contribution >= 0.6 is 0 Å². The van der Waals surface area contributed by atoms with E-state index in [4.69, 9.17) is 4.74 Å². The van der Waals surface area contributed by atoms with Crippen LogP contribution in [0.15, 0.2) is 18.2 Å².